The maximum atomic E-state index is 12.3. The number of hydrogen-bond acceptors (Lipinski definition) is 3. The highest BCUT2D eigenvalue weighted by Gasteiger charge is 2.19. The van der Waals surface area contributed by atoms with Crippen LogP contribution in [0.5, 0.6) is 5.75 Å². The molecule has 1 unspecified atom stereocenters. The molecule has 5 heteroatoms. The first-order chi connectivity index (χ1) is 9.16. The zero-order valence-corrected chi connectivity index (χ0v) is 11.1. The average molecular weight is 270 g/mol. The van der Waals surface area contributed by atoms with Crippen LogP contribution in [0, 0.1) is 0 Å². The summed E-state index contributed by atoms with van der Waals surface area (Å²) in [5, 5.41) is 3.36. The second-order valence-electron chi connectivity index (χ2n) is 4.90. The summed E-state index contributed by atoms with van der Waals surface area (Å²) in [6.07, 6.45) is 2.30. The Hall–Kier alpha value is -1.20. The van der Waals surface area contributed by atoms with Crippen LogP contribution < -0.4 is 10.1 Å². The number of ether oxygens (including phenoxy) is 1. The van der Waals surface area contributed by atoms with Crippen molar-refractivity contribution in [1.82, 2.24) is 10.2 Å². The molecule has 0 aromatic heterocycles. The molecular weight excluding hydrogens is 250 g/mol. The van der Waals surface area contributed by atoms with Gasteiger partial charge >= 0.3 is 6.61 Å². The van der Waals surface area contributed by atoms with Crippen LogP contribution in [0.15, 0.2) is 24.3 Å². The van der Waals surface area contributed by atoms with Crippen molar-refractivity contribution in [3.63, 3.8) is 0 Å². The van der Waals surface area contributed by atoms with Crippen LogP contribution in [0.4, 0.5) is 8.78 Å². The number of benzene rings is 1. The molecule has 1 saturated heterocycles. The fraction of sp³-hybridized carbons (Fsp3) is 0.571. The number of rotatable bonds is 5. The van der Waals surface area contributed by atoms with E-state index in [1.165, 1.54) is 0 Å². The van der Waals surface area contributed by atoms with Gasteiger partial charge in [-0.15, -0.1) is 0 Å². The number of nitrogens with zero attached hydrogens (tertiary/aromatic N) is 1. The van der Waals surface area contributed by atoms with E-state index in [2.05, 4.69) is 15.0 Å². The zero-order valence-electron chi connectivity index (χ0n) is 11.1. The van der Waals surface area contributed by atoms with Gasteiger partial charge in [-0.3, -0.25) is 4.90 Å². The molecule has 1 aromatic rings. The lowest BCUT2D eigenvalue weighted by molar-refractivity contribution is -0.0508. The number of hydrogen-bond donors (Lipinski definition) is 1. The lowest BCUT2D eigenvalue weighted by atomic mass is 10.1. The molecule has 0 amide bonds. The third kappa shape index (κ3) is 4.14. The highest BCUT2D eigenvalue weighted by atomic mass is 19.3. The van der Waals surface area contributed by atoms with Gasteiger partial charge in [0.2, 0.25) is 0 Å². The minimum absolute atomic E-state index is 0.271. The molecule has 0 spiro atoms. The first-order valence-electron chi connectivity index (χ1n) is 6.60. The van der Waals surface area contributed by atoms with Crippen LogP contribution >= 0.6 is 0 Å². The Labute approximate surface area is 112 Å². The number of likely N-dealkylation sites (N-methyl/N-ethyl adjacent to an activating group) is 1. The summed E-state index contributed by atoms with van der Waals surface area (Å²) in [6, 6.07) is 7.44. The van der Waals surface area contributed by atoms with Gasteiger partial charge in [0.05, 0.1) is 0 Å². The minimum atomic E-state index is -2.78. The number of alkyl halides is 2. The van der Waals surface area contributed by atoms with E-state index in [-0.39, 0.29) is 5.75 Å². The fourth-order valence-corrected chi connectivity index (χ4v) is 2.45. The fourth-order valence-electron chi connectivity index (χ4n) is 2.45. The van der Waals surface area contributed by atoms with Crippen molar-refractivity contribution < 1.29 is 13.5 Å². The van der Waals surface area contributed by atoms with E-state index >= 15 is 0 Å². The van der Waals surface area contributed by atoms with Crippen LogP contribution in [0.3, 0.4) is 0 Å². The summed E-state index contributed by atoms with van der Waals surface area (Å²) in [5.41, 5.74) is 0.802. The highest BCUT2D eigenvalue weighted by molar-refractivity contribution is 5.33. The summed E-state index contributed by atoms with van der Waals surface area (Å²) >= 11 is 0. The Morgan fingerprint density at radius 1 is 1.42 bits per heavy atom. The van der Waals surface area contributed by atoms with Gasteiger partial charge in [0.1, 0.15) is 5.75 Å². The average Bonchev–Trinajstić information content (AvgIpc) is 2.41. The monoisotopic (exact) mass is 270 g/mol. The maximum Gasteiger partial charge on any atom is 0.387 e. The second kappa shape index (κ2) is 6.82. The van der Waals surface area contributed by atoms with Crippen molar-refractivity contribution in [1.29, 1.82) is 0 Å². The molecule has 1 N–H and O–H groups in total. The number of halogens is 2. The standard InChI is InChI=1S/C14H20F2N2O/c1-18(12-6-4-8-17-9-12)10-11-5-2-3-7-13(11)19-14(15)16/h2-3,5,7,12,14,17H,4,6,8-10H2,1H3. The minimum Gasteiger partial charge on any atom is -0.434 e. The van der Waals surface area contributed by atoms with Gasteiger partial charge < -0.3 is 10.1 Å². The van der Waals surface area contributed by atoms with Crippen LogP contribution in [0.2, 0.25) is 0 Å². The first kappa shape index (κ1) is 14.2. The lowest BCUT2D eigenvalue weighted by Gasteiger charge is -2.32. The molecule has 0 saturated carbocycles. The molecule has 1 aromatic carbocycles. The molecule has 2 rings (SSSR count). The van der Waals surface area contributed by atoms with Crippen molar-refractivity contribution in [3.8, 4) is 5.75 Å². The zero-order chi connectivity index (χ0) is 13.7. The lowest BCUT2D eigenvalue weighted by Crippen LogP contribution is -2.43. The topological polar surface area (TPSA) is 24.5 Å². The van der Waals surface area contributed by atoms with Crippen LogP contribution in [0.25, 0.3) is 0 Å². The maximum absolute atomic E-state index is 12.3. The van der Waals surface area contributed by atoms with Crippen LogP contribution in [-0.4, -0.2) is 37.7 Å². The predicted octanol–water partition coefficient (Wildman–Crippen LogP) is 2.47. The largest absolute Gasteiger partial charge is 0.434 e. The second-order valence-corrected chi connectivity index (χ2v) is 4.90. The third-order valence-corrected chi connectivity index (χ3v) is 3.50. The summed E-state index contributed by atoms with van der Waals surface area (Å²) < 4.78 is 29.3. The van der Waals surface area contributed by atoms with E-state index in [9.17, 15) is 8.78 Å². The number of piperidine rings is 1. The summed E-state index contributed by atoms with van der Waals surface area (Å²) in [6.45, 7) is -0.137. The van der Waals surface area contributed by atoms with Crippen molar-refractivity contribution >= 4 is 0 Å². The van der Waals surface area contributed by atoms with Gasteiger partial charge in [0.15, 0.2) is 0 Å². The molecule has 1 aliphatic heterocycles. The number of nitrogens with one attached hydrogen (secondary N) is 1. The van der Waals surface area contributed by atoms with Gasteiger partial charge in [-0.25, -0.2) is 0 Å². The summed E-state index contributed by atoms with van der Waals surface area (Å²) in [7, 11) is 2.02. The molecule has 1 atom stereocenters. The van der Waals surface area contributed by atoms with Crippen molar-refractivity contribution in [3.05, 3.63) is 29.8 Å². The van der Waals surface area contributed by atoms with Crippen molar-refractivity contribution in [2.75, 3.05) is 20.1 Å². The van der Waals surface area contributed by atoms with Crippen molar-refractivity contribution in [2.45, 2.75) is 32.0 Å². The van der Waals surface area contributed by atoms with E-state index in [1.807, 2.05) is 19.2 Å². The number of para-hydroxylation sites is 1. The molecule has 1 aliphatic rings. The van der Waals surface area contributed by atoms with E-state index in [1.54, 1.807) is 12.1 Å². The molecule has 19 heavy (non-hydrogen) atoms. The predicted molar refractivity (Wildman–Crippen MR) is 70.4 cm³/mol. The molecule has 1 fully saturated rings. The molecule has 0 aliphatic carbocycles. The van der Waals surface area contributed by atoms with Gasteiger partial charge in [-0.05, 0) is 32.5 Å². The third-order valence-electron chi connectivity index (χ3n) is 3.50. The quantitative estimate of drug-likeness (QED) is 0.889. The normalized spacial score (nSPS) is 19.9. The summed E-state index contributed by atoms with van der Waals surface area (Å²) in [5.74, 6) is 0.271. The van der Waals surface area contributed by atoms with Crippen molar-refractivity contribution in [2.24, 2.45) is 0 Å². The van der Waals surface area contributed by atoms with Gasteiger partial charge in [0, 0.05) is 24.7 Å². The summed E-state index contributed by atoms with van der Waals surface area (Å²) in [4.78, 5) is 2.19. The Kier molecular flexibility index (Phi) is 5.10. The van der Waals surface area contributed by atoms with E-state index in [0.29, 0.717) is 12.6 Å². The Balaban J connectivity index is 2.01. The van der Waals surface area contributed by atoms with Crippen LogP contribution in [-0.2, 0) is 6.54 Å². The SMILES string of the molecule is CN(Cc1ccccc1OC(F)F)C1CCCNC1. The molecule has 1 heterocycles. The van der Waals surface area contributed by atoms with Crippen LogP contribution in [0.1, 0.15) is 18.4 Å². The molecule has 0 bridgehead atoms. The highest BCUT2D eigenvalue weighted by Crippen LogP contribution is 2.23. The first-order valence-corrected chi connectivity index (χ1v) is 6.60. The molecular formula is C14H20F2N2O. The molecule has 106 valence electrons. The van der Waals surface area contributed by atoms with Gasteiger partial charge in [0.25, 0.3) is 0 Å². The van der Waals surface area contributed by atoms with E-state index in [0.717, 1.165) is 31.5 Å². The Morgan fingerprint density at radius 3 is 2.89 bits per heavy atom. The van der Waals surface area contributed by atoms with Gasteiger partial charge in [-0.2, -0.15) is 8.78 Å². The molecule has 3 nitrogen and oxygen atoms in total. The smallest absolute Gasteiger partial charge is 0.387 e. The van der Waals surface area contributed by atoms with E-state index in [4.69, 9.17) is 0 Å². The Morgan fingerprint density at radius 2 is 2.21 bits per heavy atom. The Bertz CT molecular complexity index is 395. The molecule has 0 radical (unpaired) electrons. The van der Waals surface area contributed by atoms with E-state index < -0.39 is 6.61 Å². The van der Waals surface area contributed by atoms with Gasteiger partial charge in [-0.1, -0.05) is 18.2 Å².